The average Bonchev–Trinajstić information content (AvgIpc) is 2.86. The standard InChI is InChI=1S/C26H25N3O4/c1-33-21-11-7-10-20(16-21)17-27-24(30)18-29-23-13-6-5-12-22(23)25(31)28(26(29)32)15-14-19-8-3-2-4-9-19/h2-13,16H,14-15,17-18H2,1H3,(H,27,30). The van der Waals surface area contributed by atoms with Crippen molar-refractivity contribution in [2.24, 2.45) is 0 Å². The van der Waals surface area contributed by atoms with Gasteiger partial charge in [-0.15, -0.1) is 0 Å². The third kappa shape index (κ3) is 5.03. The summed E-state index contributed by atoms with van der Waals surface area (Å²) in [5, 5.41) is 3.25. The Labute approximate surface area is 190 Å². The molecule has 1 N–H and O–H groups in total. The van der Waals surface area contributed by atoms with Crippen LogP contribution in [0, 0.1) is 0 Å². The van der Waals surface area contributed by atoms with E-state index in [4.69, 9.17) is 4.74 Å². The van der Waals surface area contributed by atoms with E-state index < -0.39 is 5.69 Å². The molecule has 0 atom stereocenters. The number of carbonyl (C=O) groups is 1. The van der Waals surface area contributed by atoms with E-state index in [-0.39, 0.29) is 24.6 Å². The summed E-state index contributed by atoms with van der Waals surface area (Å²) in [6, 6.07) is 23.9. The summed E-state index contributed by atoms with van der Waals surface area (Å²) in [6.07, 6.45) is 0.538. The van der Waals surface area contributed by atoms with Crippen LogP contribution in [0.25, 0.3) is 10.9 Å². The SMILES string of the molecule is COc1cccc(CNC(=O)Cn2c(=O)n(CCc3ccccc3)c(=O)c3ccccc32)c1. The number of aryl methyl sites for hydroxylation is 1. The maximum atomic E-state index is 13.2. The minimum atomic E-state index is -0.494. The Morgan fingerprint density at radius 3 is 2.39 bits per heavy atom. The van der Waals surface area contributed by atoms with E-state index in [9.17, 15) is 14.4 Å². The van der Waals surface area contributed by atoms with Crippen LogP contribution < -0.4 is 21.3 Å². The van der Waals surface area contributed by atoms with Gasteiger partial charge in [-0.2, -0.15) is 0 Å². The highest BCUT2D eigenvalue weighted by Gasteiger charge is 2.15. The first-order valence-corrected chi connectivity index (χ1v) is 10.7. The third-order valence-electron chi connectivity index (χ3n) is 5.52. The molecule has 0 bridgehead atoms. The maximum Gasteiger partial charge on any atom is 0.331 e. The van der Waals surface area contributed by atoms with Crippen LogP contribution in [0.5, 0.6) is 5.75 Å². The molecule has 0 radical (unpaired) electrons. The Kier molecular flexibility index (Phi) is 6.69. The van der Waals surface area contributed by atoms with E-state index >= 15 is 0 Å². The summed E-state index contributed by atoms with van der Waals surface area (Å²) < 4.78 is 7.79. The molecule has 1 amide bonds. The van der Waals surface area contributed by atoms with Crippen LogP contribution in [0.15, 0.2) is 88.5 Å². The summed E-state index contributed by atoms with van der Waals surface area (Å²) in [4.78, 5) is 39.0. The van der Waals surface area contributed by atoms with Crippen LogP contribution in [0.1, 0.15) is 11.1 Å². The van der Waals surface area contributed by atoms with Crippen LogP contribution in [0.3, 0.4) is 0 Å². The van der Waals surface area contributed by atoms with Crippen LogP contribution in [0.4, 0.5) is 0 Å². The molecular weight excluding hydrogens is 418 g/mol. The molecule has 33 heavy (non-hydrogen) atoms. The first kappa shape index (κ1) is 22.1. The molecule has 0 saturated carbocycles. The van der Waals surface area contributed by atoms with E-state index in [0.29, 0.717) is 29.6 Å². The van der Waals surface area contributed by atoms with E-state index in [1.807, 2.05) is 54.6 Å². The lowest BCUT2D eigenvalue weighted by Crippen LogP contribution is -2.42. The lowest BCUT2D eigenvalue weighted by Gasteiger charge is -2.14. The highest BCUT2D eigenvalue weighted by molar-refractivity contribution is 5.81. The second-order valence-electron chi connectivity index (χ2n) is 7.71. The Morgan fingerprint density at radius 2 is 1.61 bits per heavy atom. The molecule has 168 valence electrons. The summed E-state index contributed by atoms with van der Waals surface area (Å²) in [6.45, 7) is 0.350. The van der Waals surface area contributed by atoms with Gasteiger partial charge in [-0.3, -0.25) is 18.7 Å². The van der Waals surface area contributed by atoms with Gasteiger partial charge in [0.15, 0.2) is 0 Å². The molecule has 3 aromatic carbocycles. The Hall–Kier alpha value is -4.13. The van der Waals surface area contributed by atoms with Crippen molar-refractivity contribution < 1.29 is 9.53 Å². The predicted molar refractivity (Wildman–Crippen MR) is 127 cm³/mol. The van der Waals surface area contributed by atoms with Crippen molar-refractivity contribution in [3.05, 3.63) is 111 Å². The predicted octanol–water partition coefficient (Wildman–Crippen LogP) is 2.73. The number of hydrogen-bond donors (Lipinski definition) is 1. The highest BCUT2D eigenvalue weighted by Crippen LogP contribution is 2.12. The molecule has 4 aromatic rings. The monoisotopic (exact) mass is 443 g/mol. The van der Waals surface area contributed by atoms with Gasteiger partial charge >= 0.3 is 5.69 Å². The van der Waals surface area contributed by atoms with Gasteiger partial charge in [0.2, 0.25) is 5.91 Å². The smallest absolute Gasteiger partial charge is 0.331 e. The zero-order valence-corrected chi connectivity index (χ0v) is 18.4. The number of para-hydroxylation sites is 1. The Bertz CT molecular complexity index is 1390. The fourth-order valence-electron chi connectivity index (χ4n) is 3.79. The van der Waals surface area contributed by atoms with E-state index in [0.717, 1.165) is 11.1 Å². The molecule has 1 aromatic heterocycles. The number of nitrogens with zero attached hydrogens (tertiary/aromatic N) is 2. The van der Waals surface area contributed by atoms with Crippen molar-refractivity contribution in [3.8, 4) is 5.75 Å². The molecule has 0 aliphatic heterocycles. The van der Waals surface area contributed by atoms with Crippen LogP contribution in [0.2, 0.25) is 0 Å². The van der Waals surface area contributed by atoms with Crippen molar-refractivity contribution in [2.45, 2.75) is 26.1 Å². The van der Waals surface area contributed by atoms with E-state index in [2.05, 4.69) is 5.32 Å². The molecule has 0 unspecified atom stereocenters. The van der Waals surface area contributed by atoms with Gasteiger partial charge < -0.3 is 10.1 Å². The van der Waals surface area contributed by atoms with Crippen molar-refractivity contribution in [1.29, 1.82) is 0 Å². The molecule has 1 heterocycles. The minimum absolute atomic E-state index is 0.186. The molecule has 7 nitrogen and oxygen atoms in total. The highest BCUT2D eigenvalue weighted by atomic mass is 16.5. The van der Waals surface area contributed by atoms with Crippen molar-refractivity contribution >= 4 is 16.8 Å². The quantitative estimate of drug-likeness (QED) is 0.454. The van der Waals surface area contributed by atoms with Gasteiger partial charge in [-0.05, 0) is 41.8 Å². The first-order valence-electron chi connectivity index (χ1n) is 10.7. The molecule has 4 rings (SSSR count). The van der Waals surface area contributed by atoms with Crippen molar-refractivity contribution in [3.63, 3.8) is 0 Å². The molecule has 0 fully saturated rings. The molecular formula is C26H25N3O4. The van der Waals surface area contributed by atoms with E-state index in [1.54, 1.807) is 31.4 Å². The van der Waals surface area contributed by atoms with Crippen LogP contribution in [-0.4, -0.2) is 22.2 Å². The fraction of sp³-hybridized carbons (Fsp3) is 0.192. The van der Waals surface area contributed by atoms with Gasteiger partial charge in [-0.1, -0.05) is 54.6 Å². The number of ether oxygens (including phenoxy) is 1. The lowest BCUT2D eigenvalue weighted by molar-refractivity contribution is -0.121. The zero-order chi connectivity index (χ0) is 23.2. The van der Waals surface area contributed by atoms with Crippen molar-refractivity contribution in [1.82, 2.24) is 14.5 Å². The zero-order valence-electron chi connectivity index (χ0n) is 18.4. The maximum absolute atomic E-state index is 13.2. The summed E-state index contributed by atoms with van der Waals surface area (Å²) in [5.41, 5.74) is 1.51. The molecule has 0 spiro atoms. The van der Waals surface area contributed by atoms with Gasteiger partial charge in [0, 0.05) is 13.1 Å². The number of methoxy groups -OCH3 is 1. The van der Waals surface area contributed by atoms with Gasteiger partial charge in [0.05, 0.1) is 18.0 Å². The number of fused-ring (bicyclic) bond motifs is 1. The average molecular weight is 444 g/mol. The van der Waals surface area contributed by atoms with E-state index in [1.165, 1.54) is 9.13 Å². The van der Waals surface area contributed by atoms with Crippen LogP contribution >= 0.6 is 0 Å². The number of amides is 1. The van der Waals surface area contributed by atoms with Gasteiger partial charge in [0.1, 0.15) is 12.3 Å². The number of hydrogen-bond acceptors (Lipinski definition) is 4. The number of benzene rings is 3. The van der Waals surface area contributed by atoms with Gasteiger partial charge in [0.25, 0.3) is 5.56 Å². The Morgan fingerprint density at radius 1 is 0.879 bits per heavy atom. The Balaban J connectivity index is 1.60. The van der Waals surface area contributed by atoms with Crippen molar-refractivity contribution in [2.75, 3.05) is 7.11 Å². The van der Waals surface area contributed by atoms with Gasteiger partial charge in [-0.25, -0.2) is 4.79 Å². The summed E-state index contributed by atoms with van der Waals surface area (Å²) >= 11 is 0. The molecule has 0 aliphatic rings. The molecule has 0 saturated heterocycles. The largest absolute Gasteiger partial charge is 0.497 e. The summed E-state index contributed by atoms with van der Waals surface area (Å²) in [5.74, 6) is 0.382. The number of rotatable bonds is 8. The molecule has 0 aliphatic carbocycles. The molecule has 7 heteroatoms. The number of carbonyl (C=O) groups excluding carboxylic acids is 1. The first-order chi connectivity index (χ1) is 16.1. The second kappa shape index (κ2) is 9.99. The second-order valence-corrected chi connectivity index (χ2v) is 7.71. The normalized spacial score (nSPS) is 10.8. The summed E-state index contributed by atoms with van der Waals surface area (Å²) in [7, 11) is 1.59. The number of aromatic nitrogens is 2. The topological polar surface area (TPSA) is 82.3 Å². The number of nitrogens with one attached hydrogen (secondary N) is 1. The van der Waals surface area contributed by atoms with Crippen LogP contribution in [-0.2, 0) is 30.8 Å². The minimum Gasteiger partial charge on any atom is -0.497 e. The third-order valence-corrected chi connectivity index (χ3v) is 5.52. The fourth-order valence-corrected chi connectivity index (χ4v) is 3.79. The lowest BCUT2D eigenvalue weighted by atomic mass is 10.1.